The Kier molecular flexibility index (Phi) is 6.97. The van der Waals surface area contributed by atoms with Gasteiger partial charge in [-0.25, -0.2) is 4.98 Å². The fourth-order valence-electron chi connectivity index (χ4n) is 1.80. The first-order valence-corrected chi connectivity index (χ1v) is 7.02. The van der Waals surface area contributed by atoms with Crippen molar-refractivity contribution in [3.63, 3.8) is 0 Å². The van der Waals surface area contributed by atoms with Gasteiger partial charge in [-0.05, 0) is 68.1 Å². The summed E-state index contributed by atoms with van der Waals surface area (Å²) in [6.07, 6.45) is 3.24. The maximum absolute atomic E-state index is 10.1. The number of rotatable bonds is 2. The standard InChI is InChI=1S/C7H16N2.C6H4BrNO2/c1-8-7-3-5-9(2)6-4-7;7-6-5(10)2-1-4(3-9)8-6/h7-8H,3-6H2,1-2H3;1-3,10H. The fourth-order valence-corrected chi connectivity index (χ4v) is 2.14. The Morgan fingerprint density at radius 3 is 2.58 bits per heavy atom. The highest BCUT2D eigenvalue weighted by Gasteiger charge is 2.13. The SMILES string of the molecule is CNC1CCN(C)CC1.O=Cc1ccc(O)c(Br)n1. The van der Waals surface area contributed by atoms with Crippen LogP contribution in [0.2, 0.25) is 0 Å². The molecule has 0 spiro atoms. The van der Waals surface area contributed by atoms with Crippen LogP contribution in [0.3, 0.4) is 0 Å². The molecule has 5 nitrogen and oxygen atoms in total. The van der Waals surface area contributed by atoms with E-state index in [1.165, 1.54) is 38.1 Å². The number of pyridine rings is 1. The average molecular weight is 330 g/mol. The largest absolute Gasteiger partial charge is 0.505 e. The zero-order valence-electron chi connectivity index (χ0n) is 11.3. The molecule has 0 aromatic carbocycles. The molecule has 0 saturated carbocycles. The summed E-state index contributed by atoms with van der Waals surface area (Å²) in [4.78, 5) is 16.2. The van der Waals surface area contributed by atoms with Gasteiger partial charge in [0.05, 0.1) is 0 Å². The lowest BCUT2D eigenvalue weighted by Gasteiger charge is -2.28. The van der Waals surface area contributed by atoms with Crippen LogP contribution in [0.4, 0.5) is 0 Å². The normalized spacial score (nSPS) is 16.6. The van der Waals surface area contributed by atoms with Crippen molar-refractivity contribution < 1.29 is 9.90 Å². The molecule has 0 amide bonds. The molecule has 1 aliphatic rings. The molecule has 0 radical (unpaired) electrons. The van der Waals surface area contributed by atoms with Gasteiger partial charge in [0.25, 0.3) is 0 Å². The fraction of sp³-hybridized carbons (Fsp3) is 0.538. The Balaban J connectivity index is 0.000000191. The van der Waals surface area contributed by atoms with Crippen LogP contribution in [-0.4, -0.2) is 54.5 Å². The van der Waals surface area contributed by atoms with E-state index < -0.39 is 0 Å². The molecule has 0 aliphatic carbocycles. The third-order valence-electron chi connectivity index (χ3n) is 3.10. The molecule has 1 aromatic heterocycles. The molecular formula is C13H20BrN3O2. The van der Waals surface area contributed by atoms with Gasteiger partial charge in [0, 0.05) is 6.04 Å². The molecule has 0 unspecified atom stereocenters. The molecule has 1 saturated heterocycles. The van der Waals surface area contributed by atoms with Crippen LogP contribution >= 0.6 is 15.9 Å². The number of nitrogens with one attached hydrogen (secondary N) is 1. The summed E-state index contributed by atoms with van der Waals surface area (Å²) in [7, 11) is 4.24. The van der Waals surface area contributed by atoms with Crippen molar-refractivity contribution in [2.24, 2.45) is 0 Å². The topological polar surface area (TPSA) is 65.5 Å². The molecule has 1 aliphatic heterocycles. The minimum Gasteiger partial charge on any atom is -0.505 e. The van der Waals surface area contributed by atoms with Gasteiger partial charge in [-0.2, -0.15) is 0 Å². The van der Waals surface area contributed by atoms with Crippen LogP contribution < -0.4 is 5.32 Å². The van der Waals surface area contributed by atoms with Crippen LogP contribution in [0.1, 0.15) is 23.3 Å². The molecule has 1 aromatic rings. The number of hydrogen-bond donors (Lipinski definition) is 2. The van der Waals surface area contributed by atoms with Crippen molar-refractivity contribution in [3.8, 4) is 5.75 Å². The van der Waals surface area contributed by atoms with Crippen molar-refractivity contribution in [1.29, 1.82) is 0 Å². The van der Waals surface area contributed by atoms with Crippen LogP contribution in [0.25, 0.3) is 0 Å². The molecular weight excluding hydrogens is 310 g/mol. The highest BCUT2D eigenvalue weighted by atomic mass is 79.9. The summed E-state index contributed by atoms with van der Waals surface area (Å²) in [5, 5.41) is 12.2. The lowest BCUT2D eigenvalue weighted by molar-refractivity contribution is 0.111. The lowest BCUT2D eigenvalue weighted by Crippen LogP contribution is -2.39. The third-order valence-corrected chi connectivity index (χ3v) is 3.68. The highest BCUT2D eigenvalue weighted by Crippen LogP contribution is 2.19. The Hall–Kier alpha value is -0.980. The maximum Gasteiger partial charge on any atom is 0.168 e. The molecule has 2 rings (SSSR count). The Labute approximate surface area is 122 Å². The minimum absolute atomic E-state index is 0.0330. The molecule has 6 heteroatoms. The quantitative estimate of drug-likeness (QED) is 0.638. The first-order chi connectivity index (χ1) is 9.06. The Morgan fingerprint density at radius 1 is 1.47 bits per heavy atom. The van der Waals surface area contributed by atoms with Crippen LogP contribution in [0.5, 0.6) is 5.75 Å². The monoisotopic (exact) mass is 329 g/mol. The van der Waals surface area contributed by atoms with E-state index in [0.717, 1.165) is 6.04 Å². The number of hydrogen-bond acceptors (Lipinski definition) is 5. The summed E-state index contributed by atoms with van der Waals surface area (Å²) >= 11 is 2.97. The van der Waals surface area contributed by atoms with Crippen LogP contribution in [-0.2, 0) is 0 Å². The summed E-state index contributed by atoms with van der Waals surface area (Å²) in [6.45, 7) is 2.51. The summed E-state index contributed by atoms with van der Waals surface area (Å²) in [5.74, 6) is 0.0330. The van der Waals surface area contributed by atoms with Gasteiger partial charge in [0.1, 0.15) is 16.0 Å². The summed E-state index contributed by atoms with van der Waals surface area (Å²) in [5.41, 5.74) is 0.296. The van der Waals surface area contributed by atoms with Gasteiger partial charge < -0.3 is 15.3 Å². The number of nitrogens with zero attached hydrogens (tertiary/aromatic N) is 2. The minimum atomic E-state index is 0.0330. The first kappa shape index (κ1) is 16.1. The molecule has 2 heterocycles. The predicted octanol–water partition coefficient (Wildman–Crippen LogP) is 1.66. The van der Waals surface area contributed by atoms with Crippen molar-refractivity contribution in [2.45, 2.75) is 18.9 Å². The smallest absolute Gasteiger partial charge is 0.168 e. The molecule has 2 N–H and O–H groups in total. The van der Waals surface area contributed by atoms with Gasteiger partial charge in [-0.15, -0.1) is 0 Å². The van der Waals surface area contributed by atoms with Crippen LogP contribution in [0.15, 0.2) is 16.7 Å². The number of carbonyl (C=O) groups is 1. The van der Waals surface area contributed by atoms with E-state index in [1.54, 1.807) is 0 Å². The Morgan fingerprint density at radius 2 is 2.11 bits per heavy atom. The number of likely N-dealkylation sites (tertiary alicyclic amines) is 1. The maximum atomic E-state index is 10.1. The second-order valence-corrected chi connectivity index (χ2v) is 5.28. The van der Waals surface area contributed by atoms with E-state index in [-0.39, 0.29) is 10.4 Å². The van der Waals surface area contributed by atoms with E-state index in [0.29, 0.717) is 12.0 Å². The van der Waals surface area contributed by atoms with E-state index in [1.807, 2.05) is 0 Å². The number of piperidine rings is 1. The molecule has 0 bridgehead atoms. The number of aromatic nitrogens is 1. The molecule has 0 atom stereocenters. The van der Waals surface area contributed by atoms with Gasteiger partial charge in [0.15, 0.2) is 6.29 Å². The predicted molar refractivity (Wildman–Crippen MR) is 78.6 cm³/mol. The van der Waals surface area contributed by atoms with Gasteiger partial charge in [0.2, 0.25) is 0 Å². The van der Waals surface area contributed by atoms with E-state index in [9.17, 15) is 4.79 Å². The van der Waals surface area contributed by atoms with Gasteiger partial charge in [-0.3, -0.25) is 4.79 Å². The van der Waals surface area contributed by atoms with Crippen molar-refractivity contribution in [3.05, 3.63) is 22.4 Å². The summed E-state index contributed by atoms with van der Waals surface area (Å²) < 4.78 is 0.289. The zero-order valence-corrected chi connectivity index (χ0v) is 12.9. The van der Waals surface area contributed by atoms with Crippen LogP contribution in [0, 0.1) is 0 Å². The van der Waals surface area contributed by atoms with E-state index in [4.69, 9.17) is 5.11 Å². The lowest BCUT2D eigenvalue weighted by atomic mass is 10.1. The summed E-state index contributed by atoms with van der Waals surface area (Å²) in [6, 6.07) is 3.62. The molecule has 19 heavy (non-hydrogen) atoms. The number of halogens is 1. The highest BCUT2D eigenvalue weighted by molar-refractivity contribution is 9.10. The van der Waals surface area contributed by atoms with Crippen molar-refractivity contribution in [1.82, 2.24) is 15.2 Å². The zero-order chi connectivity index (χ0) is 14.3. The molecule has 1 fully saturated rings. The number of carbonyl (C=O) groups excluding carboxylic acids is 1. The Bertz CT molecular complexity index is 407. The van der Waals surface area contributed by atoms with Gasteiger partial charge >= 0.3 is 0 Å². The second kappa shape index (κ2) is 8.24. The molecule has 106 valence electrons. The third kappa shape index (κ3) is 5.67. The number of aromatic hydroxyl groups is 1. The van der Waals surface area contributed by atoms with Gasteiger partial charge in [-0.1, -0.05) is 0 Å². The second-order valence-electron chi connectivity index (χ2n) is 4.53. The first-order valence-electron chi connectivity index (χ1n) is 6.23. The van der Waals surface area contributed by atoms with Crippen molar-refractivity contribution in [2.75, 3.05) is 27.2 Å². The number of aldehydes is 1. The van der Waals surface area contributed by atoms with Crippen molar-refractivity contribution >= 4 is 22.2 Å². The van der Waals surface area contributed by atoms with E-state index >= 15 is 0 Å². The van der Waals surface area contributed by atoms with E-state index in [2.05, 4.69) is 45.2 Å². The average Bonchev–Trinajstić information content (AvgIpc) is 2.43.